The lowest BCUT2D eigenvalue weighted by atomic mass is 10.2. The molecule has 0 aromatic heterocycles. The maximum Gasteiger partial charge on any atom is 0.307 e. The van der Waals surface area contributed by atoms with Crippen LogP contribution in [0.3, 0.4) is 0 Å². The van der Waals surface area contributed by atoms with Crippen molar-refractivity contribution < 1.29 is 33.2 Å². The average molecular weight is 320 g/mol. The van der Waals surface area contributed by atoms with Gasteiger partial charge < -0.3 is 28.4 Å². The third-order valence-electron chi connectivity index (χ3n) is 3.09. The summed E-state index contributed by atoms with van der Waals surface area (Å²) < 4.78 is 31.4. The fourth-order valence-corrected chi connectivity index (χ4v) is 1.88. The van der Waals surface area contributed by atoms with Crippen LogP contribution in [0.5, 0.6) is 0 Å². The van der Waals surface area contributed by atoms with Crippen LogP contribution in [-0.4, -0.2) is 72.2 Å². The van der Waals surface area contributed by atoms with Gasteiger partial charge in [-0.1, -0.05) is 0 Å². The molecule has 7 nitrogen and oxygen atoms in total. The monoisotopic (exact) mass is 320 g/mol. The van der Waals surface area contributed by atoms with Crippen molar-refractivity contribution >= 4 is 5.97 Å². The molecular formula is C15H28O7. The van der Waals surface area contributed by atoms with Gasteiger partial charge in [-0.05, 0) is 19.3 Å². The first-order valence-electron chi connectivity index (χ1n) is 7.86. The second-order valence-electron chi connectivity index (χ2n) is 4.83. The Morgan fingerprint density at radius 2 is 1.59 bits per heavy atom. The largest absolute Gasteiger partial charge is 0.469 e. The standard InChI is InChI=1S/C15H28O7/c1-17-14(16)5-7-18-8-9-19-10-11-20-12-13-22-15-4-2-3-6-21-15/h15H,2-13H2,1H3. The minimum Gasteiger partial charge on any atom is -0.469 e. The molecular weight excluding hydrogens is 292 g/mol. The molecule has 0 bridgehead atoms. The van der Waals surface area contributed by atoms with Crippen molar-refractivity contribution in [2.24, 2.45) is 0 Å². The van der Waals surface area contributed by atoms with Crippen LogP contribution in [0.15, 0.2) is 0 Å². The summed E-state index contributed by atoms with van der Waals surface area (Å²) in [4.78, 5) is 10.8. The van der Waals surface area contributed by atoms with Crippen LogP contribution in [0.25, 0.3) is 0 Å². The highest BCUT2D eigenvalue weighted by Gasteiger charge is 2.13. The van der Waals surface area contributed by atoms with Gasteiger partial charge in [-0.2, -0.15) is 0 Å². The molecule has 1 rings (SSSR count). The Labute approximate surface area is 132 Å². The maximum atomic E-state index is 10.8. The second kappa shape index (κ2) is 13.9. The van der Waals surface area contributed by atoms with E-state index in [-0.39, 0.29) is 18.7 Å². The fourth-order valence-electron chi connectivity index (χ4n) is 1.88. The van der Waals surface area contributed by atoms with E-state index in [1.165, 1.54) is 13.5 Å². The molecule has 1 fully saturated rings. The fraction of sp³-hybridized carbons (Fsp3) is 0.933. The molecule has 0 aliphatic carbocycles. The van der Waals surface area contributed by atoms with Crippen LogP contribution in [0, 0.1) is 0 Å². The number of carbonyl (C=O) groups excluding carboxylic acids is 1. The summed E-state index contributed by atoms with van der Waals surface area (Å²) in [7, 11) is 1.36. The quantitative estimate of drug-likeness (QED) is 0.372. The van der Waals surface area contributed by atoms with E-state index in [1.807, 2.05) is 0 Å². The van der Waals surface area contributed by atoms with Crippen LogP contribution < -0.4 is 0 Å². The second-order valence-corrected chi connectivity index (χ2v) is 4.83. The Balaban J connectivity index is 1.72. The average Bonchev–Trinajstić information content (AvgIpc) is 2.56. The highest BCUT2D eigenvalue weighted by molar-refractivity contribution is 5.69. The van der Waals surface area contributed by atoms with E-state index in [1.54, 1.807) is 0 Å². The first-order chi connectivity index (χ1) is 10.8. The van der Waals surface area contributed by atoms with Crippen LogP contribution in [0.1, 0.15) is 25.7 Å². The SMILES string of the molecule is COC(=O)CCOCCOCCOCCOC1CCCCO1. The molecule has 1 unspecified atom stereocenters. The van der Waals surface area contributed by atoms with Crippen LogP contribution in [0.4, 0.5) is 0 Å². The first kappa shape index (κ1) is 19.3. The highest BCUT2D eigenvalue weighted by atomic mass is 16.7. The molecule has 22 heavy (non-hydrogen) atoms. The number of methoxy groups -OCH3 is 1. The third-order valence-corrected chi connectivity index (χ3v) is 3.09. The van der Waals surface area contributed by atoms with Gasteiger partial charge in [0.1, 0.15) is 0 Å². The summed E-state index contributed by atoms with van der Waals surface area (Å²) in [5.41, 5.74) is 0. The lowest BCUT2D eigenvalue weighted by Crippen LogP contribution is -2.24. The number of hydrogen-bond acceptors (Lipinski definition) is 7. The smallest absolute Gasteiger partial charge is 0.307 e. The van der Waals surface area contributed by atoms with E-state index in [0.717, 1.165) is 19.4 Å². The lowest BCUT2D eigenvalue weighted by Gasteiger charge is -2.22. The molecule has 7 heteroatoms. The molecule has 0 amide bonds. The lowest BCUT2D eigenvalue weighted by molar-refractivity contribution is -0.169. The number of ether oxygens (including phenoxy) is 6. The Hall–Kier alpha value is -0.730. The summed E-state index contributed by atoms with van der Waals surface area (Å²) in [5, 5.41) is 0. The van der Waals surface area contributed by atoms with Gasteiger partial charge in [-0.25, -0.2) is 0 Å². The Morgan fingerprint density at radius 1 is 0.955 bits per heavy atom. The summed E-state index contributed by atoms with van der Waals surface area (Å²) in [6.07, 6.45) is 3.47. The molecule has 0 aromatic carbocycles. The molecule has 1 heterocycles. The minimum absolute atomic E-state index is 0.0595. The predicted molar refractivity (Wildman–Crippen MR) is 78.6 cm³/mol. The Kier molecular flexibility index (Phi) is 12.2. The molecule has 1 aliphatic rings. The molecule has 0 saturated carbocycles. The van der Waals surface area contributed by atoms with E-state index in [2.05, 4.69) is 4.74 Å². The van der Waals surface area contributed by atoms with Crippen LogP contribution >= 0.6 is 0 Å². The first-order valence-corrected chi connectivity index (χ1v) is 7.86. The zero-order valence-corrected chi connectivity index (χ0v) is 13.4. The van der Waals surface area contributed by atoms with E-state index in [9.17, 15) is 4.79 Å². The molecule has 0 spiro atoms. The van der Waals surface area contributed by atoms with E-state index >= 15 is 0 Å². The topological polar surface area (TPSA) is 72.5 Å². The van der Waals surface area contributed by atoms with Crippen molar-refractivity contribution in [3.05, 3.63) is 0 Å². The Morgan fingerprint density at radius 3 is 2.18 bits per heavy atom. The molecule has 130 valence electrons. The summed E-state index contributed by atoms with van der Waals surface area (Å²) in [6.45, 7) is 4.21. The zero-order chi connectivity index (χ0) is 15.9. The van der Waals surface area contributed by atoms with Gasteiger partial charge in [0.25, 0.3) is 0 Å². The molecule has 0 aromatic rings. The van der Waals surface area contributed by atoms with E-state index in [0.29, 0.717) is 46.2 Å². The highest BCUT2D eigenvalue weighted by Crippen LogP contribution is 2.13. The summed E-state index contributed by atoms with van der Waals surface area (Å²) >= 11 is 0. The zero-order valence-electron chi connectivity index (χ0n) is 13.4. The normalized spacial score (nSPS) is 18.3. The van der Waals surface area contributed by atoms with E-state index in [4.69, 9.17) is 23.7 Å². The van der Waals surface area contributed by atoms with Gasteiger partial charge in [0, 0.05) is 6.61 Å². The Bertz CT molecular complexity index is 267. The molecule has 1 saturated heterocycles. The number of esters is 1. The maximum absolute atomic E-state index is 10.8. The van der Waals surface area contributed by atoms with Crippen molar-refractivity contribution in [1.29, 1.82) is 0 Å². The van der Waals surface area contributed by atoms with E-state index < -0.39 is 0 Å². The molecule has 0 radical (unpaired) electrons. The number of hydrogen-bond donors (Lipinski definition) is 0. The van der Waals surface area contributed by atoms with Crippen molar-refractivity contribution in [2.45, 2.75) is 32.0 Å². The van der Waals surface area contributed by atoms with Crippen LogP contribution in [-0.2, 0) is 33.2 Å². The predicted octanol–water partition coefficient (Wildman–Crippen LogP) is 1.14. The van der Waals surface area contributed by atoms with Gasteiger partial charge in [0.2, 0.25) is 0 Å². The summed E-state index contributed by atoms with van der Waals surface area (Å²) in [5.74, 6) is -0.268. The van der Waals surface area contributed by atoms with Crippen molar-refractivity contribution in [2.75, 3.05) is 60.0 Å². The van der Waals surface area contributed by atoms with Crippen LogP contribution in [0.2, 0.25) is 0 Å². The van der Waals surface area contributed by atoms with Gasteiger partial charge in [-0.15, -0.1) is 0 Å². The summed E-state index contributed by atoms with van der Waals surface area (Å²) in [6, 6.07) is 0. The minimum atomic E-state index is -0.268. The van der Waals surface area contributed by atoms with Gasteiger partial charge in [0.05, 0.1) is 59.8 Å². The van der Waals surface area contributed by atoms with Crippen molar-refractivity contribution in [3.63, 3.8) is 0 Å². The third kappa shape index (κ3) is 10.9. The van der Waals surface area contributed by atoms with Gasteiger partial charge in [0.15, 0.2) is 6.29 Å². The number of carbonyl (C=O) groups is 1. The van der Waals surface area contributed by atoms with Gasteiger partial charge in [-0.3, -0.25) is 4.79 Å². The number of rotatable bonds is 13. The molecule has 1 aliphatic heterocycles. The van der Waals surface area contributed by atoms with Crippen molar-refractivity contribution in [3.8, 4) is 0 Å². The molecule has 1 atom stereocenters. The van der Waals surface area contributed by atoms with Gasteiger partial charge >= 0.3 is 5.97 Å². The van der Waals surface area contributed by atoms with Crippen molar-refractivity contribution in [1.82, 2.24) is 0 Å². The molecule has 0 N–H and O–H groups in total.